The number of hydrogen-bond acceptors (Lipinski definition) is 6. The molecule has 1 aromatic carbocycles. The highest BCUT2D eigenvalue weighted by Crippen LogP contribution is 2.40. The van der Waals surface area contributed by atoms with Gasteiger partial charge in [0.25, 0.3) is 5.91 Å². The highest BCUT2D eigenvalue weighted by molar-refractivity contribution is 6.27. The van der Waals surface area contributed by atoms with Gasteiger partial charge in [-0.25, -0.2) is 14.7 Å². The lowest BCUT2D eigenvalue weighted by Crippen LogP contribution is -2.56. The average Bonchev–Trinajstić information content (AvgIpc) is 3.08. The van der Waals surface area contributed by atoms with Crippen LogP contribution in [0.2, 0.25) is 0 Å². The fraction of sp³-hybridized carbons (Fsp3) is 0.400. The van der Waals surface area contributed by atoms with E-state index in [4.69, 9.17) is 4.74 Å². The van der Waals surface area contributed by atoms with Gasteiger partial charge in [0.2, 0.25) is 11.8 Å². The maximum absolute atomic E-state index is 13.4. The third kappa shape index (κ3) is 2.85. The Bertz CT molecular complexity index is 913. The summed E-state index contributed by atoms with van der Waals surface area (Å²) in [5, 5.41) is 1.04. The van der Waals surface area contributed by atoms with E-state index < -0.39 is 29.2 Å². The van der Waals surface area contributed by atoms with Crippen molar-refractivity contribution in [2.75, 3.05) is 11.5 Å². The minimum Gasteiger partial charge on any atom is -0.461 e. The third-order valence-electron chi connectivity index (χ3n) is 4.93. The molecule has 2 aliphatic rings. The number of nitrogens with zero attached hydrogens (tertiary/aromatic N) is 2. The normalized spacial score (nSPS) is 21.2. The minimum absolute atomic E-state index is 0.0302. The van der Waals surface area contributed by atoms with Crippen LogP contribution in [0.15, 0.2) is 23.9 Å². The molecule has 3 amide bonds. The van der Waals surface area contributed by atoms with E-state index in [2.05, 4.69) is 5.43 Å². The number of benzene rings is 1. The van der Waals surface area contributed by atoms with Crippen LogP contribution in [-0.4, -0.2) is 40.8 Å². The second kappa shape index (κ2) is 6.78. The van der Waals surface area contributed by atoms with Crippen molar-refractivity contribution < 1.29 is 23.9 Å². The first-order chi connectivity index (χ1) is 13.1. The molecule has 28 heavy (non-hydrogen) atoms. The standard InChI is InChI=1S/C20H23N3O5/c1-6-28-18(26)15-9-20(23(21-15)14(5)24)10-16(25)22(19(20)27)17-12(3)7-11(2)8-13(17)4/h7-9,21H,6,10H2,1-5H3/t20-/m1/s1. The Balaban J connectivity index is 2.10. The predicted octanol–water partition coefficient (Wildman–Crippen LogP) is 1.43. The molecule has 1 atom stereocenters. The highest BCUT2D eigenvalue weighted by Gasteiger charge is 2.59. The first kappa shape index (κ1) is 19.6. The maximum Gasteiger partial charge on any atom is 0.355 e. The molecular weight excluding hydrogens is 362 g/mol. The number of hydrazine groups is 1. The van der Waals surface area contributed by atoms with Crippen LogP contribution in [0.3, 0.4) is 0 Å². The van der Waals surface area contributed by atoms with Crippen molar-refractivity contribution in [2.24, 2.45) is 0 Å². The van der Waals surface area contributed by atoms with Gasteiger partial charge in [-0.15, -0.1) is 0 Å². The van der Waals surface area contributed by atoms with E-state index in [1.165, 1.54) is 13.0 Å². The molecular formula is C20H23N3O5. The van der Waals surface area contributed by atoms with Crippen LogP contribution in [0, 0.1) is 20.8 Å². The molecule has 8 heteroatoms. The summed E-state index contributed by atoms with van der Waals surface area (Å²) >= 11 is 0. The van der Waals surface area contributed by atoms with Crippen molar-refractivity contribution >= 4 is 29.4 Å². The van der Waals surface area contributed by atoms with Gasteiger partial charge in [0, 0.05) is 6.92 Å². The summed E-state index contributed by atoms with van der Waals surface area (Å²) in [6, 6.07) is 3.78. The summed E-state index contributed by atoms with van der Waals surface area (Å²) in [5.41, 5.74) is 4.12. The minimum atomic E-state index is -1.59. The molecule has 3 rings (SSSR count). The topological polar surface area (TPSA) is 96.0 Å². The average molecular weight is 385 g/mol. The van der Waals surface area contributed by atoms with Gasteiger partial charge in [-0.1, -0.05) is 17.7 Å². The zero-order valence-corrected chi connectivity index (χ0v) is 16.6. The molecule has 1 saturated heterocycles. The van der Waals surface area contributed by atoms with Gasteiger partial charge in [-0.05, 0) is 44.9 Å². The molecule has 0 bridgehead atoms. The fourth-order valence-electron chi connectivity index (χ4n) is 3.96. The van der Waals surface area contributed by atoms with Gasteiger partial charge in [-0.2, -0.15) is 0 Å². The molecule has 1 N–H and O–H groups in total. The van der Waals surface area contributed by atoms with Gasteiger partial charge in [0.15, 0.2) is 5.54 Å². The lowest BCUT2D eigenvalue weighted by Gasteiger charge is -2.31. The second-order valence-corrected chi connectivity index (χ2v) is 7.13. The number of esters is 1. The third-order valence-corrected chi connectivity index (χ3v) is 4.93. The predicted molar refractivity (Wildman–Crippen MR) is 101 cm³/mol. The van der Waals surface area contributed by atoms with Gasteiger partial charge >= 0.3 is 5.97 Å². The molecule has 2 aliphatic heterocycles. The summed E-state index contributed by atoms with van der Waals surface area (Å²) in [6.45, 7) is 8.66. The van der Waals surface area contributed by atoms with Gasteiger partial charge < -0.3 is 4.74 Å². The lowest BCUT2D eigenvalue weighted by atomic mass is 9.96. The monoisotopic (exact) mass is 385 g/mol. The number of amides is 3. The van der Waals surface area contributed by atoms with E-state index in [0.717, 1.165) is 26.6 Å². The van der Waals surface area contributed by atoms with Crippen molar-refractivity contribution in [1.82, 2.24) is 10.4 Å². The van der Waals surface area contributed by atoms with Gasteiger partial charge in [0.1, 0.15) is 5.70 Å². The number of rotatable bonds is 3. The van der Waals surface area contributed by atoms with Crippen LogP contribution >= 0.6 is 0 Å². The van der Waals surface area contributed by atoms with Crippen molar-refractivity contribution in [3.63, 3.8) is 0 Å². The molecule has 148 valence electrons. The van der Waals surface area contributed by atoms with E-state index in [1.54, 1.807) is 6.92 Å². The van der Waals surface area contributed by atoms with Crippen LogP contribution in [-0.2, 0) is 23.9 Å². The number of anilines is 1. The second-order valence-electron chi connectivity index (χ2n) is 7.13. The number of carbonyl (C=O) groups is 4. The fourth-order valence-corrected chi connectivity index (χ4v) is 3.96. The van der Waals surface area contributed by atoms with Crippen LogP contribution in [0.5, 0.6) is 0 Å². The Labute approximate surface area is 163 Å². The van der Waals surface area contributed by atoms with Crippen molar-refractivity contribution in [2.45, 2.75) is 46.6 Å². The van der Waals surface area contributed by atoms with E-state index in [1.807, 2.05) is 32.9 Å². The Hall–Kier alpha value is -3.16. The SMILES string of the molecule is CCOC(=O)C1=C[C@]2(CC(=O)N(c3c(C)cc(C)cc3C)C2=O)N(C(C)=O)N1. The van der Waals surface area contributed by atoms with Crippen LogP contribution in [0.25, 0.3) is 0 Å². The van der Waals surface area contributed by atoms with E-state index in [0.29, 0.717) is 5.69 Å². The number of carbonyl (C=O) groups excluding carboxylic acids is 4. The summed E-state index contributed by atoms with van der Waals surface area (Å²) in [4.78, 5) is 51.8. The van der Waals surface area contributed by atoms with E-state index in [-0.39, 0.29) is 18.7 Å². The molecule has 1 spiro atoms. The zero-order valence-electron chi connectivity index (χ0n) is 16.6. The molecule has 0 unspecified atom stereocenters. The molecule has 2 heterocycles. The Morgan fingerprint density at radius 3 is 2.32 bits per heavy atom. The number of aryl methyl sites for hydroxylation is 3. The van der Waals surface area contributed by atoms with E-state index in [9.17, 15) is 19.2 Å². The molecule has 0 aromatic heterocycles. The van der Waals surface area contributed by atoms with E-state index >= 15 is 0 Å². The van der Waals surface area contributed by atoms with Crippen LogP contribution < -0.4 is 10.3 Å². The van der Waals surface area contributed by atoms with Crippen molar-refractivity contribution in [3.05, 3.63) is 40.6 Å². The smallest absolute Gasteiger partial charge is 0.355 e. The van der Waals surface area contributed by atoms with Crippen LogP contribution in [0.1, 0.15) is 37.0 Å². The summed E-state index contributed by atoms with van der Waals surface area (Å²) in [6.07, 6.45) is 1.07. The quantitative estimate of drug-likeness (QED) is 0.625. The Morgan fingerprint density at radius 2 is 1.79 bits per heavy atom. The summed E-state index contributed by atoms with van der Waals surface area (Å²) < 4.78 is 4.96. The zero-order chi connectivity index (χ0) is 20.8. The van der Waals surface area contributed by atoms with Gasteiger partial charge in [-0.3, -0.25) is 19.8 Å². The molecule has 0 aliphatic carbocycles. The molecule has 0 radical (unpaired) electrons. The van der Waals surface area contributed by atoms with Gasteiger partial charge in [0.05, 0.1) is 18.7 Å². The lowest BCUT2D eigenvalue weighted by molar-refractivity contribution is -0.144. The highest BCUT2D eigenvalue weighted by atomic mass is 16.5. The summed E-state index contributed by atoms with van der Waals surface area (Å²) in [5.74, 6) is -2.19. The summed E-state index contributed by atoms with van der Waals surface area (Å²) in [7, 11) is 0. The largest absolute Gasteiger partial charge is 0.461 e. The first-order valence-corrected chi connectivity index (χ1v) is 9.05. The molecule has 0 saturated carbocycles. The Kier molecular flexibility index (Phi) is 4.74. The number of hydrogen-bond donors (Lipinski definition) is 1. The van der Waals surface area contributed by atoms with Crippen LogP contribution in [0.4, 0.5) is 5.69 Å². The molecule has 8 nitrogen and oxygen atoms in total. The van der Waals surface area contributed by atoms with Crippen molar-refractivity contribution in [3.8, 4) is 0 Å². The van der Waals surface area contributed by atoms with Crippen molar-refractivity contribution in [1.29, 1.82) is 0 Å². The number of imide groups is 1. The first-order valence-electron chi connectivity index (χ1n) is 9.05. The maximum atomic E-state index is 13.4. The number of nitrogens with one attached hydrogen (secondary N) is 1. The molecule has 1 fully saturated rings. The Morgan fingerprint density at radius 1 is 1.18 bits per heavy atom. The number of ether oxygens (including phenoxy) is 1. The molecule has 1 aromatic rings.